The van der Waals surface area contributed by atoms with Crippen LogP contribution in [0.4, 0.5) is 0 Å². The highest BCUT2D eigenvalue weighted by Crippen LogP contribution is 2.18. The van der Waals surface area contributed by atoms with Crippen LogP contribution >= 0.6 is 0 Å². The van der Waals surface area contributed by atoms with E-state index in [2.05, 4.69) is 15.5 Å². The minimum Gasteiger partial charge on any atom is -0.496 e. The van der Waals surface area contributed by atoms with Gasteiger partial charge >= 0.3 is 0 Å². The molecule has 1 aromatic carbocycles. The van der Waals surface area contributed by atoms with E-state index >= 15 is 0 Å². The summed E-state index contributed by atoms with van der Waals surface area (Å²) in [6, 6.07) is 11.5. The van der Waals surface area contributed by atoms with E-state index in [-0.39, 0.29) is 18.5 Å². The Labute approximate surface area is 142 Å². The van der Waals surface area contributed by atoms with E-state index in [1.165, 1.54) is 0 Å². The van der Waals surface area contributed by atoms with Gasteiger partial charge in [0.2, 0.25) is 5.91 Å². The number of carbonyl (C=O) groups excluding carboxylic acids is 1. The number of furan rings is 1. The number of benzene rings is 1. The molecule has 0 radical (unpaired) electrons. The van der Waals surface area contributed by atoms with E-state index in [9.17, 15) is 4.79 Å². The molecule has 1 aromatic heterocycles. The monoisotopic (exact) mass is 331 g/mol. The Kier molecular flexibility index (Phi) is 6.84. The summed E-state index contributed by atoms with van der Waals surface area (Å²) in [6.07, 6.45) is 1.66. The molecule has 1 heterocycles. The second kappa shape index (κ2) is 9.10. The number of hydrogen-bond acceptors (Lipinski definition) is 5. The van der Waals surface area contributed by atoms with Crippen molar-refractivity contribution in [2.24, 2.45) is 0 Å². The number of nitrogens with zero attached hydrogens (tertiary/aromatic N) is 1. The zero-order chi connectivity index (χ0) is 17.4. The Bertz CT molecular complexity index is 626. The van der Waals surface area contributed by atoms with Gasteiger partial charge in [0.25, 0.3) is 0 Å². The average Bonchev–Trinajstić information content (AvgIpc) is 3.10. The molecule has 0 saturated heterocycles. The van der Waals surface area contributed by atoms with E-state index in [4.69, 9.17) is 9.15 Å². The zero-order valence-corrected chi connectivity index (χ0v) is 14.4. The van der Waals surface area contributed by atoms with Crippen molar-refractivity contribution in [2.75, 3.05) is 34.3 Å². The maximum absolute atomic E-state index is 12.0. The summed E-state index contributed by atoms with van der Waals surface area (Å²) in [5, 5.41) is 6.07. The van der Waals surface area contributed by atoms with E-state index in [0.29, 0.717) is 13.1 Å². The van der Waals surface area contributed by atoms with Crippen LogP contribution in [0.15, 0.2) is 47.1 Å². The Morgan fingerprint density at radius 2 is 2.04 bits per heavy atom. The van der Waals surface area contributed by atoms with Gasteiger partial charge in [0, 0.05) is 18.7 Å². The van der Waals surface area contributed by atoms with Crippen molar-refractivity contribution in [2.45, 2.75) is 12.6 Å². The average molecular weight is 331 g/mol. The third kappa shape index (κ3) is 5.11. The van der Waals surface area contributed by atoms with Crippen LogP contribution in [0.3, 0.4) is 0 Å². The molecule has 0 unspecified atom stereocenters. The molecule has 0 aliphatic heterocycles. The van der Waals surface area contributed by atoms with E-state index in [1.54, 1.807) is 13.4 Å². The molecule has 0 fully saturated rings. The first kappa shape index (κ1) is 18.0. The minimum absolute atomic E-state index is 0.0575. The summed E-state index contributed by atoms with van der Waals surface area (Å²) in [5.41, 5.74) is 0.954. The van der Waals surface area contributed by atoms with Crippen LogP contribution in [0.2, 0.25) is 0 Å². The molecule has 24 heavy (non-hydrogen) atoms. The number of nitrogens with one attached hydrogen (secondary N) is 2. The maximum atomic E-state index is 12.0. The molecular formula is C18H25N3O3. The molecule has 0 aliphatic carbocycles. The van der Waals surface area contributed by atoms with Crippen molar-refractivity contribution in [3.05, 3.63) is 54.0 Å². The van der Waals surface area contributed by atoms with Crippen molar-refractivity contribution in [1.82, 2.24) is 15.5 Å². The van der Waals surface area contributed by atoms with Crippen LogP contribution < -0.4 is 15.4 Å². The first-order valence-corrected chi connectivity index (χ1v) is 7.91. The van der Waals surface area contributed by atoms with Crippen LogP contribution in [0.5, 0.6) is 5.75 Å². The fourth-order valence-corrected chi connectivity index (χ4v) is 2.45. The molecule has 6 nitrogen and oxygen atoms in total. The molecule has 2 N–H and O–H groups in total. The number of methoxy groups -OCH3 is 1. The van der Waals surface area contributed by atoms with Gasteiger partial charge in [-0.1, -0.05) is 18.2 Å². The predicted molar refractivity (Wildman–Crippen MR) is 92.8 cm³/mol. The number of hydrogen-bond donors (Lipinski definition) is 2. The van der Waals surface area contributed by atoms with Crippen LogP contribution in [-0.4, -0.2) is 45.1 Å². The lowest BCUT2D eigenvalue weighted by Crippen LogP contribution is -2.38. The highest BCUT2D eigenvalue weighted by molar-refractivity contribution is 5.78. The van der Waals surface area contributed by atoms with E-state index < -0.39 is 0 Å². The summed E-state index contributed by atoms with van der Waals surface area (Å²) < 4.78 is 10.7. The summed E-state index contributed by atoms with van der Waals surface area (Å²) in [7, 11) is 5.59. The van der Waals surface area contributed by atoms with Gasteiger partial charge in [-0.25, -0.2) is 0 Å². The molecule has 0 spiro atoms. The first-order valence-electron chi connectivity index (χ1n) is 7.91. The lowest BCUT2D eigenvalue weighted by atomic mass is 10.2. The van der Waals surface area contributed by atoms with Gasteiger partial charge in [0.05, 0.1) is 26.0 Å². The normalized spacial score (nSPS) is 12.2. The smallest absolute Gasteiger partial charge is 0.234 e. The number of likely N-dealkylation sites (N-methyl/N-ethyl adjacent to an activating group) is 1. The topological polar surface area (TPSA) is 66.7 Å². The van der Waals surface area contributed by atoms with Crippen LogP contribution in [0.25, 0.3) is 0 Å². The van der Waals surface area contributed by atoms with Crippen molar-refractivity contribution in [3.8, 4) is 5.75 Å². The maximum Gasteiger partial charge on any atom is 0.234 e. The lowest BCUT2D eigenvalue weighted by molar-refractivity contribution is -0.120. The Morgan fingerprint density at radius 1 is 1.25 bits per heavy atom. The fraction of sp³-hybridized carbons (Fsp3) is 0.389. The highest BCUT2D eigenvalue weighted by Gasteiger charge is 2.16. The molecule has 0 aliphatic rings. The van der Waals surface area contributed by atoms with Crippen LogP contribution in [0.1, 0.15) is 17.4 Å². The number of carbonyl (C=O) groups is 1. The molecule has 6 heteroatoms. The minimum atomic E-state index is -0.0575. The Balaban J connectivity index is 1.76. The number of rotatable bonds is 9. The quantitative estimate of drug-likeness (QED) is 0.733. The molecule has 130 valence electrons. The summed E-state index contributed by atoms with van der Waals surface area (Å²) >= 11 is 0. The van der Waals surface area contributed by atoms with Crippen LogP contribution in [0, 0.1) is 0 Å². The summed E-state index contributed by atoms with van der Waals surface area (Å²) in [6.45, 7) is 1.32. The second-order valence-corrected chi connectivity index (χ2v) is 5.71. The van der Waals surface area contributed by atoms with E-state index in [0.717, 1.165) is 17.1 Å². The Morgan fingerprint density at radius 3 is 2.71 bits per heavy atom. The highest BCUT2D eigenvalue weighted by atomic mass is 16.5. The third-order valence-corrected chi connectivity index (χ3v) is 3.79. The van der Waals surface area contributed by atoms with Gasteiger partial charge in [-0.3, -0.25) is 9.69 Å². The lowest BCUT2D eigenvalue weighted by Gasteiger charge is -2.22. The van der Waals surface area contributed by atoms with Gasteiger partial charge in [0.15, 0.2) is 0 Å². The predicted octanol–water partition coefficient (Wildman–Crippen LogP) is 1.80. The van der Waals surface area contributed by atoms with Crippen molar-refractivity contribution < 1.29 is 13.9 Å². The molecule has 0 saturated carbocycles. The second-order valence-electron chi connectivity index (χ2n) is 5.71. The largest absolute Gasteiger partial charge is 0.496 e. The van der Waals surface area contributed by atoms with Gasteiger partial charge in [0.1, 0.15) is 11.5 Å². The number of ether oxygens (including phenoxy) is 1. The molecule has 1 amide bonds. The SMILES string of the molecule is COc1ccccc1CNC(=O)CNC[C@@H](c1ccco1)N(C)C. The first-order chi connectivity index (χ1) is 11.6. The van der Waals surface area contributed by atoms with Crippen molar-refractivity contribution in [1.29, 1.82) is 0 Å². The number of amides is 1. The molecule has 1 atom stereocenters. The fourth-order valence-electron chi connectivity index (χ4n) is 2.45. The number of para-hydroxylation sites is 1. The molecule has 0 bridgehead atoms. The molecule has 2 aromatic rings. The van der Waals surface area contributed by atoms with E-state index in [1.807, 2.05) is 50.5 Å². The van der Waals surface area contributed by atoms with Crippen LogP contribution in [-0.2, 0) is 11.3 Å². The van der Waals surface area contributed by atoms with Gasteiger partial charge in [-0.2, -0.15) is 0 Å². The molecular weight excluding hydrogens is 306 g/mol. The van der Waals surface area contributed by atoms with Gasteiger partial charge in [-0.15, -0.1) is 0 Å². The van der Waals surface area contributed by atoms with Crippen molar-refractivity contribution >= 4 is 5.91 Å². The zero-order valence-electron chi connectivity index (χ0n) is 14.4. The summed E-state index contributed by atoms with van der Waals surface area (Å²) in [5.74, 6) is 1.59. The van der Waals surface area contributed by atoms with Gasteiger partial charge in [-0.05, 0) is 32.3 Å². The summed E-state index contributed by atoms with van der Waals surface area (Å²) in [4.78, 5) is 14.1. The standard InChI is InChI=1S/C18H25N3O3/c1-21(2)15(17-9-6-10-24-17)12-19-13-18(22)20-11-14-7-4-5-8-16(14)23-3/h4-10,15,19H,11-13H2,1-3H3,(H,20,22)/t15-/m0/s1. The molecule has 2 rings (SSSR count). The third-order valence-electron chi connectivity index (χ3n) is 3.79. The Hall–Kier alpha value is -2.31. The van der Waals surface area contributed by atoms with Gasteiger partial charge < -0.3 is 19.8 Å². The van der Waals surface area contributed by atoms with Crippen molar-refractivity contribution in [3.63, 3.8) is 0 Å².